The second-order valence-corrected chi connectivity index (χ2v) is 6.17. The highest BCUT2D eigenvalue weighted by atomic mass is 16.6. The lowest BCUT2D eigenvalue weighted by atomic mass is 10.1. The average Bonchev–Trinajstić information content (AvgIpc) is 2.61. The number of anilines is 1. The van der Waals surface area contributed by atoms with Crippen LogP contribution in [0.1, 0.15) is 48.2 Å². The van der Waals surface area contributed by atoms with E-state index in [1.165, 1.54) is 13.0 Å². The molecule has 0 aliphatic heterocycles. The highest BCUT2D eigenvalue weighted by molar-refractivity contribution is 5.99. The number of ether oxygens (including phenoxy) is 1. The van der Waals surface area contributed by atoms with Gasteiger partial charge in [-0.3, -0.25) is 19.7 Å². The first-order chi connectivity index (χ1) is 12.8. The lowest BCUT2D eigenvalue weighted by molar-refractivity contribution is -0.385. The fourth-order valence-corrected chi connectivity index (χ4v) is 2.64. The topological polar surface area (TPSA) is 98.5 Å². The predicted molar refractivity (Wildman–Crippen MR) is 102 cm³/mol. The van der Waals surface area contributed by atoms with Crippen molar-refractivity contribution >= 4 is 23.1 Å². The van der Waals surface area contributed by atoms with Gasteiger partial charge < -0.3 is 10.1 Å². The molecular formula is C20H22N2O5. The van der Waals surface area contributed by atoms with Crippen molar-refractivity contribution in [1.29, 1.82) is 0 Å². The van der Waals surface area contributed by atoms with Crippen LogP contribution in [0.25, 0.3) is 0 Å². The Labute approximate surface area is 157 Å². The first kappa shape index (κ1) is 20.1. The fraction of sp³-hybridized carbons (Fsp3) is 0.300. The molecule has 0 unspecified atom stereocenters. The number of nitro groups is 1. The van der Waals surface area contributed by atoms with Gasteiger partial charge in [-0.25, -0.2) is 0 Å². The number of Topliss-reactive ketones (excluding diaryl/α,β-unsaturated/α-hetero) is 1. The van der Waals surface area contributed by atoms with Gasteiger partial charge in [-0.1, -0.05) is 19.1 Å². The molecule has 27 heavy (non-hydrogen) atoms. The molecule has 0 aliphatic rings. The van der Waals surface area contributed by atoms with Crippen molar-refractivity contribution in [2.45, 2.75) is 40.2 Å². The first-order valence-corrected chi connectivity index (χ1v) is 8.64. The SMILES string of the molecule is CCCC(=O)Nc1ccc(OCc2cccc([N+](=O)[O-])c2C)c(C(C)=O)c1. The maximum atomic E-state index is 12.0. The molecule has 0 heterocycles. The van der Waals surface area contributed by atoms with Gasteiger partial charge in [-0.05, 0) is 44.0 Å². The van der Waals surface area contributed by atoms with Crippen molar-refractivity contribution in [2.75, 3.05) is 5.32 Å². The number of carbonyl (C=O) groups is 2. The molecule has 2 aromatic rings. The van der Waals surface area contributed by atoms with Crippen LogP contribution in [0.5, 0.6) is 5.75 Å². The van der Waals surface area contributed by atoms with E-state index >= 15 is 0 Å². The van der Waals surface area contributed by atoms with Gasteiger partial charge >= 0.3 is 0 Å². The second-order valence-electron chi connectivity index (χ2n) is 6.17. The minimum atomic E-state index is -0.437. The Morgan fingerprint density at radius 2 is 1.96 bits per heavy atom. The first-order valence-electron chi connectivity index (χ1n) is 8.64. The van der Waals surface area contributed by atoms with Crippen molar-refractivity contribution in [3.63, 3.8) is 0 Å². The third-order valence-corrected chi connectivity index (χ3v) is 4.12. The zero-order valence-corrected chi connectivity index (χ0v) is 15.6. The van der Waals surface area contributed by atoms with Crippen LogP contribution in [-0.4, -0.2) is 16.6 Å². The number of benzene rings is 2. The van der Waals surface area contributed by atoms with Crippen molar-refractivity contribution in [1.82, 2.24) is 0 Å². The molecule has 0 aromatic heterocycles. The quantitative estimate of drug-likeness (QED) is 0.421. The Morgan fingerprint density at radius 1 is 1.22 bits per heavy atom. The summed E-state index contributed by atoms with van der Waals surface area (Å²) in [6.45, 7) is 5.08. The second kappa shape index (κ2) is 8.93. The summed E-state index contributed by atoms with van der Waals surface area (Å²) >= 11 is 0. The van der Waals surface area contributed by atoms with E-state index in [1.807, 2.05) is 6.92 Å². The third kappa shape index (κ3) is 5.13. The van der Waals surface area contributed by atoms with Gasteiger partial charge in [0.2, 0.25) is 5.91 Å². The molecule has 7 nitrogen and oxygen atoms in total. The van der Waals surface area contributed by atoms with Gasteiger partial charge in [0.25, 0.3) is 5.69 Å². The van der Waals surface area contributed by atoms with E-state index in [0.29, 0.717) is 34.5 Å². The number of hydrogen-bond donors (Lipinski definition) is 1. The number of carbonyl (C=O) groups excluding carboxylic acids is 2. The summed E-state index contributed by atoms with van der Waals surface area (Å²) < 4.78 is 5.75. The smallest absolute Gasteiger partial charge is 0.272 e. The van der Waals surface area contributed by atoms with Gasteiger partial charge in [-0.15, -0.1) is 0 Å². The average molecular weight is 370 g/mol. The van der Waals surface area contributed by atoms with Crippen LogP contribution in [0.3, 0.4) is 0 Å². The van der Waals surface area contributed by atoms with Gasteiger partial charge in [0.1, 0.15) is 12.4 Å². The van der Waals surface area contributed by atoms with Crippen LogP contribution < -0.4 is 10.1 Å². The number of amides is 1. The summed E-state index contributed by atoms with van der Waals surface area (Å²) in [7, 11) is 0. The van der Waals surface area contributed by atoms with Crippen LogP contribution in [-0.2, 0) is 11.4 Å². The van der Waals surface area contributed by atoms with E-state index in [4.69, 9.17) is 4.74 Å². The summed E-state index contributed by atoms with van der Waals surface area (Å²) in [6, 6.07) is 9.64. The maximum Gasteiger partial charge on any atom is 0.272 e. The molecule has 7 heteroatoms. The number of nitrogens with one attached hydrogen (secondary N) is 1. The van der Waals surface area contributed by atoms with Gasteiger partial charge in [-0.2, -0.15) is 0 Å². The Hall–Kier alpha value is -3.22. The van der Waals surface area contributed by atoms with Crippen LogP contribution >= 0.6 is 0 Å². The number of nitro benzene ring substituents is 1. The molecule has 0 fully saturated rings. The molecule has 2 aromatic carbocycles. The number of nitrogens with zero attached hydrogens (tertiary/aromatic N) is 1. The lowest BCUT2D eigenvalue weighted by Crippen LogP contribution is -2.11. The normalized spacial score (nSPS) is 10.3. The Kier molecular flexibility index (Phi) is 6.65. The summed E-state index contributed by atoms with van der Waals surface area (Å²) in [6.07, 6.45) is 1.13. The summed E-state index contributed by atoms with van der Waals surface area (Å²) in [4.78, 5) is 34.3. The zero-order valence-electron chi connectivity index (χ0n) is 15.6. The molecule has 0 spiro atoms. The molecule has 2 rings (SSSR count). The Morgan fingerprint density at radius 3 is 2.59 bits per heavy atom. The standard InChI is InChI=1S/C20H22N2O5/c1-4-6-20(24)21-16-9-10-19(17(11-16)14(3)23)27-12-15-7-5-8-18(13(15)2)22(25)26/h5,7-11H,4,6,12H2,1-3H3,(H,21,24). The number of rotatable bonds is 8. The molecule has 0 bridgehead atoms. The van der Waals surface area contributed by atoms with Gasteiger partial charge in [0.05, 0.1) is 10.5 Å². The summed E-state index contributed by atoms with van der Waals surface area (Å²) in [5.41, 5.74) is 2.08. The molecule has 0 saturated heterocycles. The van der Waals surface area contributed by atoms with Crippen LogP contribution in [0.4, 0.5) is 11.4 Å². The monoisotopic (exact) mass is 370 g/mol. The molecular weight excluding hydrogens is 348 g/mol. The maximum absolute atomic E-state index is 12.0. The third-order valence-electron chi connectivity index (χ3n) is 4.12. The molecule has 0 radical (unpaired) electrons. The van der Waals surface area contributed by atoms with E-state index in [0.717, 1.165) is 6.42 Å². The Balaban J connectivity index is 2.21. The summed E-state index contributed by atoms with van der Waals surface area (Å²) in [5.74, 6) is 0.0436. The minimum Gasteiger partial charge on any atom is -0.488 e. The molecule has 142 valence electrons. The van der Waals surface area contributed by atoms with Gasteiger partial charge in [0, 0.05) is 23.7 Å². The van der Waals surface area contributed by atoms with Crippen molar-refractivity contribution in [3.8, 4) is 5.75 Å². The molecule has 1 amide bonds. The number of ketones is 1. The van der Waals surface area contributed by atoms with E-state index < -0.39 is 4.92 Å². The predicted octanol–water partition coefficient (Wildman–Crippen LogP) is 4.42. The van der Waals surface area contributed by atoms with Crippen molar-refractivity contribution < 1.29 is 19.2 Å². The summed E-state index contributed by atoms with van der Waals surface area (Å²) in [5, 5.41) is 13.8. The molecule has 0 atom stereocenters. The Bertz CT molecular complexity index is 877. The fourth-order valence-electron chi connectivity index (χ4n) is 2.64. The molecule has 1 N–H and O–H groups in total. The van der Waals surface area contributed by atoms with E-state index in [9.17, 15) is 19.7 Å². The minimum absolute atomic E-state index is 0.0249. The van der Waals surface area contributed by atoms with Gasteiger partial charge in [0.15, 0.2) is 5.78 Å². The zero-order chi connectivity index (χ0) is 20.0. The van der Waals surface area contributed by atoms with Crippen molar-refractivity contribution in [3.05, 3.63) is 63.2 Å². The van der Waals surface area contributed by atoms with E-state index in [-0.39, 0.29) is 24.0 Å². The molecule has 0 aliphatic carbocycles. The van der Waals surface area contributed by atoms with Crippen molar-refractivity contribution in [2.24, 2.45) is 0 Å². The lowest BCUT2D eigenvalue weighted by Gasteiger charge is -2.13. The largest absolute Gasteiger partial charge is 0.488 e. The number of hydrogen-bond acceptors (Lipinski definition) is 5. The van der Waals surface area contributed by atoms with Crippen LogP contribution in [0.2, 0.25) is 0 Å². The molecule has 0 saturated carbocycles. The highest BCUT2D eigenvalue weighted by Gasteiger charge is 2.15. The van der Waals surface area contributed by atoms with Crippen LogP contribution in [0.15, 0.2) is 36.4 Å². The highest BCUT2D eigenvalue weighted by Crippen LogP contribution is 2.27. The van der Waals surface area contributed by atoms with E-state index in [2.05, 4.69) is 5.32 Å². The van der Waals surface area contributed by atoms with E-state index in [1.54, 1.807) is 37.3 Å². The van der Waals surface area contributed by atoms with Crippen LogP contribution in [0, 0.1) is 17.0 Å².